The normalized spacial score (nSPS) is 11.7. The molecule has 2 rings (SSSR count). The van der Waals surface area contributed by atoms with Crippen molar-refractivity contribution in [1.82, 2.24) is 0 Å². The van der Waals surface area contributed by atoms with E-state index in [1.807, 2.05) is 6.92 Å². The Morgan fingerprint density at radius 2 is 1.23 bits per heavy atom. The second-order valence-corrected chi connectivity index (χ2v) is 7.58. The lowest BCUT2D eigenvalue weighted by Crippen LogP contribution is -2.07. The molecule has 0 atom stereocenters. The van der Waals surface area contributed by atoms with E-state index in [-0.39, 0.29) is 21.3 Å². The summed E-state index contributed by atoms with van der Waals surface area (Å²) in [6.45, 7) is 8.59. The van der Waals surface area contributed by atoms with Gasteiger partial charge in [0.1, 0.15) is 16.4 Å². The summed E-state index contributed by atoms with van der Waals surface area (Å²) in [5, 5.41) is 20.0. The largest absolute Gasteiger partial charge is 0.507 e. The Labute approximate surface area is 131 Å². The smallest absolute Gasteiger partial charge is 0.210 e. The molecule has 0 saturated heterocycles. The van der Waals surface area contributed by atoms with Crippen molar-refractivity contribution in [3.05, 3.63) is 46.0 Å². The number of hydrogen-bond acceptors (Lipinski definition) is 4. The van der Waals surface area contributed by atoms with Gasteiger partial charge >= 0.3 is 0 Å². The van der Waals surface area contributed by atoms with Crippen LogP contribution in [0.1, 0.15) is 27.8 Å². The van der Waals surface area contributed by atoms with E-state index in [1.165, 1.54) is 18.2 Å². The van der Waals surface area contributed by atoms with Gasteiger partial charge in [-0.15, -0.1) is 0 Å². The molecule has 0 aliphatic carbocycles. The fraction of sp³-hybridized carbons (Fsp3) is 0.294. The molecule has 0 heterocycles. The first-order valence-electron chi connectivity index (χ1n) is 6.92. The third-order valence-corrected chi connectivity index (χ3v) is 6.07. The van der Waals surface area contributed by atoms with Gasteiger partial charge in [-0.25, -0.2) is 8.42 Å². The summed E-state index contributed by atoms with van der Waals surface area (Å²) in [7, 11) is -3.86. The molecule has 4 nitrogen and oxygen atoms in total. The Morgan fingerprint density at radius 1 is 0.727 bits per heavy atom. The first-order valence-corrected chi connectivity index (χ1v) is 8.40. The van der Waals surface area contributed by atoms with Crippen LogP contribution in [0.3, 0.4) is 0 Å². The molecule has 0 aliphatic heterocycles. The molecular weight excluding hydrogens is 300 g/mol. The molecule has 2 N–H and O–H groups in total. The molecule has 5 heteroatoms. The Balaban J connectivity index is 2.80. The van der Waals surface area contributed by atoms with Crippen molar-refractivity contribution in [2.24, 2.45) is 0 Å². The Kier molecular flexibility index (Phi) is 3.96. The van der Waals surface area contributed by atoms with Gasteiger partial charge in [-0.2, -0.15) is 0 Å². The molecule has 0 bridgehead atoms. The van der Waals surface area contributed by atoms with E-state index in [0.717, 1.165) is 11.1 Å². The van der Waals surface area contributed by atoms with E-state index in [4.69, 9.17) is 0 Å². The Hall–Kier alpha value is -2.01. The first-order chi connectivity index (χ1) is 10.1. The van der Waals surface area contributed by atoms with Crippen molar-refractivity contribution in [1.29, 1.82) is 0 Å². The molecule has 0 unspecified atom stereocenters. The van der Waals surface area contributed by atoms with E-state index in [2.05, 4.69) is 0 Å². The van der Waals surface area contributed by atoms with Gasteiger partial charge in [-0.1, -0.05) is 0 Å². The predicted molar refractivity (Wildman–Crippen MR) is 85.4 cm³/mol. The SMILES string of the molecule is Cc1cc(O)c(S(=O)(=O)c2cc(C)c(O)c(C)c2C)cc1C. The van der Waals surface area contributed by atoms with Crippen LogP contribution in [0.15, 0.2) is 28.0 Å². The monoisotopic (exact) mass is 320 g/mol. The summed E-state index contributed by atoms with van der Waals surface area (Å²) < 4.78 is 25.8. The number of aryl methyl sites for hydroxylation is 3. The summed E-state index contributed by atoms with van der Waals surface area (Å²) in [5.74, 6) is -0.161. The molecule has 118 valence electrons. The average Bonchev–Trinajstić information content (AvgIpc) is 2.44. The number of sulfone groups is 1. The highest BCUT2D eigenvalue weighted by Gasteiger charge is 2.26. The third-order valence-electron chi connectivity index (χ3n) is 4.16. The van der Waals surface area contributed by atoms with Crippen LogP contribution < -0.4 is 0 Å². The maximum Gasteiger partial charge on any atom is 0.210 e. The number of hydrogen-bond donors (Lipinski definition) is 2. The van der Waals surface area contributed by atoms with Crippen molar-refractivity contribution < 1.29 is 18.6 Å². The minimum Gasteiger partial charge on any atom is -0.507 e. The lowest BCUT2D eigenvalue weighted by molar-refractivity contribution is 0.458. The van der Waals surface area contributed by atoms with Crippen molar-refractivity contribution >= 4 is 9.84 Å². The summed E-state index contributed by atoms with van der Waals surface area (Å²) in [5.41, 5.74) is 3.13. The highest BCUT2D eigenvalue weighted by Crippen LogP contribution is 2.36. The maximum atomic E-state index is 12.9. The van der Waals surface area contributed by atoms with Gasteiger partial charge in [0.2, 0.25) is 9.84 Å². The van der Waals surface area contributed by atoms with Gasteiger partial charge in [-0.05, 0) is 80.6 Å². The lowest BCUT2D eigenvalue weighted by atomic mass is 10.1. The van der Waals surface area contributed by atoms with Crippen LogP contribution in [0.25, 0.3) is 0 Å². The van der Waals surface area contributed by atoms with E-state index in [0.29, 0.717) is 16.7 Å². The summed E-state index contributed by atoms with van der Waals surface area (Å²) in [4.78, 5) is 0.00189. The van der Waals surface area contributed by atoms with E-state index < -0.39 is 9.84 Å². The zero-order valence-electron chi connectivity index (χ0n) is 13.4. The van der Waals surface area contributed by atoms with Gasteiger partial charge in [0.15, 0.2) is 0 Å². The molecule has 0 amide bonds. The van der Waals surface area contributed by atoms with Gasteiger partial charge in [0.05, 0.1) is 4.90 Å². The number of aromatic hydroxyl groups is 2. The van der Waals surface area contributed by atoms with Crippen LogP contribution in [0.4, 0.5) is 0 Å². The van der Waals surface area contributed by atoms with Crippen molar-refractivity contribution in [2.75, 3.05) is 0 Å². The maximum absolute atomic E-state index is 12.9. The Bertz CT molecular complexity index is 865. The van der Waals surface area contributed by atoms with Gasteiger partial charge in [0.25, 0.3) is 0 Å². The van der Waals surface area contributed by atoms with Crippen LogP contribution in [0.2, 0.25) is 0 Å². The number of phenols is 2. The average molecular weight is 320 g/mol. The van der Waals surface area contributed by atoms with Crippen LogP contribution in [0, 0.1) is 34.6 Å². The molecule has 2 aromatic carbocycles. The molecule has 0 aromatic heterocycles. The summed E-state index contributed by atoms with van der Waals surface area (Å²) in [6, 6.07) is 4.39. The minimum absolute atomic E-state index is 0.0979. The number of phenolic OH excluding ortho intramolecular Hbond substituents is 2. The van der Waals surface area contributed by atoms with E-state index in [1.54, 1.807) is 27.7 Å². The van der Waals surface area contributed by atoms with Gasteiger partial charge in [-0.3, -0.25) is 0 Å². The van der Waals surface area contributed by atoms with Gasteiger partial charge in [0, 0.05) is 0 Å². The molecule has 0 fully saturated rings. The quantitative estimate of drug-likeness (QED) is 0.888. The standard InChI is InChI=1S/C17H20O4S/c1-9-6-14(18)16(7-10(9)2)22(20,21)15-8-11(3)17(19)13(5)12(15)4/h6-8,18-19H,1-5H3. The predicted octanol–water partition coefficient (Wildman–Crippen LogP) is 3.47. The molecule has 0 spiro atoms. The van der Waals surface area contributed by atoms with E-state index in [9.17, 15) is 18.6 Å². The molecule has 0 saturated carbocycles. The zero-order valence-corrected chi connectivity index (χ0v) is 14.2. The number of benzene rings is 2. The lowest BCUT2D eigenvalue weighted by Gasteiger charge is -2.15. The van der Waals surface area contributed by atoms with Gasteiger partial charge < -0.3 is 10.2 Å². The molecule has 22 heavy (non-hydrogen) atoms. The topological polar surface area (TPSA) is 74.6 Å². The van der Waals surface area contributed by atoms with Crippen LogP contribution in [-0.2, 0) is 9.84 Å². The van der Waals surface area contributed by atoms with Crippen molar-refractivity contribution in [3.63, 3.8) is 0 Å². The summed E-state index contributed by atoms with van der Waals surface area (Å²) in [6.07, 6.45) is 0. The van der Waals surface area contributed by atoms with Crippen molar-refractivity contribution in [3.8, 4) is 11.5 Å². The third kappa shape index (κ3) is 2.46. The zero-order chi connectivity index (χ0) is 16.8. The fourth-order valence-electron chi connectivity index (χ4n) is 2.42. The first kappa shape index (κ1) is 16.4. The second-order valence-electron chi connectivity index (χ2n) is 5.70. The highest BCUT2D eigenvalue weighted by molar-refractivity contribution is 7.91. The minimum atomic E-state index is -3.86. The Morgan fingerprint density at radius 3 is 1.82 bits per heavy atom. The fourth-order valence-corrected chi connectivity index (χ4v) is 4.21. The molecule has 0 radical (unpaired) electrons. The van der Waals surface area contributed by atoms with Crippen LogP contribution >= 0.6 is 0 Å². The van der Waals surface area contributed by atoms with Crippen LogP contribution in [0.5, 0.6) is 11.5 Å². The molecule has 0 aliphatic rings. The number of rotatable bonds is 2. The van der Waals surface area contributed by atoms with E-state index >= 15 is 0 Å². The molecular formula is C17H20O4S. The van der Waals surface area contributed by atoms with Crippen molar-refractivity contribution in [2.45, 2.75) is 44.4 Å². The summed E-state index contributed by atoms with van der Waals surface area (Å²) >= 11 is 0. The second kappa shape index (κ2) is 5.32. The van der Waals surface area contributed by atoms with Crippen LogP contribution in [-0.4, -0.2) is 18.6 Å². The highest BCUT2D eigenvalue weighted by atomic mass is 32.2. The molecule has 2 aromatic rings.